The Balaban J connectivity index is 2.45. The van der Waals surface area contributed by atoms with Crippen molar-refractivity contribution in [2.75, 3.05) is 13.1 Å². The van der Waals surface area contributed by atoms with Crippen molar-refractivity contribution in [3.8, 4) is 0 Å². The molecule has 0 amide bonds. The second-order valence-corrected chi connectivity index (χ2v) is 6.23. The van der Waals surface area contributed by atoms with Crippen molar-refractivity contribution in [3.05, 3.63) is 0 Å². The number of rotatable bonds is 8. The van der Waals surface area contributed by atoms with Gasteiger partial charge < -0.3 is 5.11 Å². The molecule has 1 aliphatic rings. The van der Waals surface area contributed by atoms with Crippen LogP contribution >= 0.6 is 0 Å². The summed E-state index contributed by atoms with van der Waals surface area (Å²) in [6.45, 7) is 2.47. The molecule has 17 heavy (non-hydrogen) atoms. The van der Waals surface area contributed by atoms with Gasteiger partial charge in [0.05, 0.1) is 6.42 Å². The molecule has 0 aliphatic heterocycles. The predicted octanol–water partition coefficient (Wildman–Crippen LogP) is 0.465. The lowest BCUT2D eigenvalue weighted by Crippen LogP contribution is -2.47. The quantitative estimate of drug-likeness (QED) is 0.593. The Bertz CT molecular complexity index is 363. The Labute approximate surface area is 102 Å². The lowest BCUT2D eigenvalue weighted by atomic mass is 9.67. The van der Waals surface area contributed by atoms with Gasteiger partial charge in [-0.15, -0.1) is 0 Å². The van der Waals surface area contributed by atoms with Crippen LogP contribution in [0.5, 0.6) is 0 Å². The molecule has 0 spiro atoms. The number of carboxylic acids is 1. The highest BCUT2D eigenvalue weighted by Gasteiger charge is 2.39. The van der Waals surface area contributed by atoms with E-state index in [9.17, 15) is 13.2 Å². The van der Waals surface area contributed by atoms with Gasteiger partial charge in [-0.3, -0.25) is 4.79 Å². The van der Waals surface area contributed by atoms with Crippen molar-refractivity contribution in [3.63, 3.8) is 0 Å². The van der Waals surface area contributed by atoms with E-state index in [0.717, 1.165) is 25.7 Å². The first-order valence-corrected chi connectivity index (χ1v) is 7.33. The molecule has 1 rings (SSSR count). The van der Waals surface area contributed by atoms with Gasteiger partial charge in [-0.25, -0.2) is 9.44 Å². The van der Waals surface area contributed by atoms with Crippen molar-refractivity contribution in [1.29, 1.82) is 0 Å². The second-order valence-electron chi connectivity index (χ2n) is 4.64. The van der Waals surface area contributed by atoms with E-state index in [-0.39, 0.29) is 18.4 Å². The number of carboxylic acid groups (broad SMARTS) is 1. The van der Waals surface area contributed by atoms with Gasteiger partial charge in [0.15, 0.2) is 0 Å². The first kappa shape index (κ1) is 14.4. The molecule has 100 valence electrons. The summed E-state index contributed by atoms with van der Waals surface area (Å²) in [5, 5.41) is 8.79. The minimum absolute atomic E-state index is 0.0310. The molecular weight excluding hydrogens is 244 g/mol. The van der Waals surface area contributed by atoms with Crippen molar-refractivity contribution in [2.24, 2.45) is 5.41 Å². The standard InChI is InChI=1S/C10H20N2O4S/c1-2-6-11-17(15,16)12-8-10(4-3-5-10)7-9(13)14/h11-12H,2-8H2,1H3,(H,13,14). The molecule has 0 saturated heterocycles. The van der Waals surface area contributed by atoms with E-state index in [2.05, 4.69) is 9.44 Å². The van der Waals surface area contributed by atoms with Gasteiger partial charge in [0.1, 0.15) is 0 Å². The van der Waals surface area contributed by atoms with Gasteiger partial charge in [0.2, 0.25) is 0 Å². The maximum Gasteiger partial charge on any atom is 0.303 e. The molecule has 1 aliphatic carbocycles. The summed E-state index contributed by atoms with van der Waals surface area (Å²) < 4.78 is 27.8. The summed E-state index contributed by atoms with van der Waals surface area (Å²) in [6.07, 6.45) is 3.27. The molecule has 0 aromatic heterocycles. The summed E-state index contributed by atoms with van der Waals surface area (Å²) in [4.78, 5) is 10.7. The topological polar surface area (TPSA) is 95.5 Å². The van der Waals surface area contributed by atoms with Gasteiger partial charge >= 0.3 is 5.97 Å². The molecule has 1 fully saturated rings. The first-order chi connectivity index (χ1) is 7.89. The Hall–Kier alpha value is -0.660. The summed E-state index contributed by atoms with van der Waals surface area (Å²) in [6, 6.07) is 0. The van der Waals surface area contributed by atoms with E-state index in [1.54, 1.807) is 0 Å². The minimum Gasteiger partial charge on any atom is -0.481 e. The second kappa shape index (κ2) is 5.79. The average molecular weight is 264 g/mol. The van der Waals surface area contributed by atoms with Crippen LogP contribution in [0.3, 0.4) is 0 Å². The molecule has 0 aromatic carbocycles. The highest BCUT2D eigenvalue weighted by molar-refractivity contribution is 7.87. The van der Waals surface area contributed by atoms with Crippen LogP contribution < -0.4 is 9.44 Å². The van der Waals surface area contributed by atoms with Crippen LogP contribution in [0.4, 0.5) is 0 Å². The highest BCUT2D eigenvalue weighted by Crippen LogP contribution is 2.43. The fraction of sp³-hybridized carbons (Fsp3) is 0.900. The maximum atomic E-state index is 11.5. The largest absolute Gasteiger partial charge is 0.481 e. The highest BCUT2D eigenvalue weighted by atomic mass is 32.2. The molecule has 0 heterocycles. The van der Waals surface area contributed by atoms with Gasteiger partial charge in [-0.05, 0) is 24.7 Å². The van der Waals surface area contributed by atoms with Crippen molar-refractivity contribution in [2.45, 2.75) is 39.0 Å². The Kier molecular flexibility index (Phi) is 4.91. The smallest absolute Gasteiger partial charge is 0.303 e. The third kappa shape index (κ3) is 4.61. The lowest BCUT2D eigenvalue weighted by molar-refractivity contribution is -0.141. The zero-order valence-corrected chi connectivity index (χ0v) is 10.8. The van der Waals surface area contributed by atoms with Crippen LogP contribution in [0.1, 0.15) is 39.0 Å². The Morgan fingerprint density at radius 3 is 2.41 bits per heavy atom. The molecule has 3 N–H and O–H groups in total. The maximum absolute atomic E-state index is 11.5. The molecule has 0 aromatic rings. The van der Waals surface area contributed by atoms with Crippen molar-refractivity contribution < 1.29 is 18.3 Å². The van der Waals surface area contributed by atoms with E-state index in [0.29, 0.717) is 6.54 Å². The molecule has 0 unspecified atom stereocenters. The first-order valence-electron chi connectivity index (χ1n) is 5.85. The Morgan fingerprint density at radius 1 is 1.35 bits per heavy atom. The normalized spacial score (nSPS) is 18.6. The SMILES string of the molecule is CCCNS(=O)(=O)NCC1(CC(=O)O)CCC1. The summed E-state index contributed by atoms with van der Waals surface area (Å²) >= 11 is 0. The van der Waals surface area contributed by atoms with E-state index in [4.69, 9.17) is 5.11 Å². The third-order valence-electron chi connectivity index (χ3n) is 3.12. The lowest BCUT2D eigenvalue weighted by Gasteiger charge is -2.40. The summed E-state index contributed by atoms with van der Waals surface area (Å²) in [5.74, 6) is -0.870. The molecule has 1 saturated carbocycles. The monoisotopic (exact) mass is 264 g/mol. The molecule has 7 heteroatoms. The van der Waals surface area contributed by atoms with Crippen LogP contribution in [0.2, 0.25) is 0 Å². The number of hydrogen-bond acceptors (Lipinski definition) is 3. The van der Waals surface area contributed by atoms with E-state index < -0.39 is 16.2 Å². The fourth-order valence-corrected chi connectivity index (χ4v) is 3.02. The number of aliphatic carboxylic acids is 1. The predicted molar refractivity (Wildman–Crippen MR) is 63.8 cm³/mol. The van der Waals surface area contributed by atoms with Crippen LogP contribution in [-0.4, -0.2) is 32.6 Å². The summed E-state index contributed by atoms with van der Waals surface area (Å²) in [7, 11) is -3.48. The molecule has 0 atom stereocenters. The van der Waals surface area contributed by atoms with E-state index in [1.165, 1.54) is 0 Å². The molecular formula is C10H20N2O4S. The third-order valence-corrected chi connectivity index (χ3v) is 4.23. The van der Waals surface area contributed by atoms with Gasteiger partial charge in [-0.1, -0.05) is 13.3 Å². The zero-order chi connectivity index (χ0) is 12.9. The van der Waals surface area contributed by atoms with Crippen LogP contribution in [0.25, 0.3) is 0 Å². The molecule has 6 nitrogen and oxygen atoms in total. The van der Waals surface area contributed by atoms with Gasteiger partial charge in [-0.2, -0.15) is 8.42 Å². The zero-order valence-electron chi connectivity index (χ0n) is 10.0. The Morgan fingerprint density at radius 2 is 2.00 bits per heavy atom. The van der Waals surface area contributed by atoms with E-state index in [1.807, 2.05) is 6.92 Å². The van der Waals surface area contributed by atoms with Gasteiger partial charge in [0.25, 0.3) is 10.2 Å². The van der Waals surface area contributed by atoms with Crippen molar-refractivity contribution in [1.82, 2.24) is 9.44 Å². The van der Waals surface area contributed by atoms with Crippen LogP contribution in [0.15, 0.2) is 0 Å². The fourth-order valence-electron chi connectivity index (χ4n) is 1.95. The molecule has 0 radical (unpaired) electrons. The molecule has 0 bridgehead atoms. The van der Waals surface area contributed by atoms with E-state index >= 15 is 0 Å². The van der Waals surface area contributed by atoms with Crippen LogP contribution in [-0.2, 0) is 15.0 Å². The number of carbonyl (C=O) groups is 1. The number of hydrogen-bond donors (Lipinski definition) is 3. The van der Waals surface area contributed by atoms with Crippen LogP contribution in [0, 0.1) is 5.41 Å². The minimum atomic E-state index is -3.48. The van der Waals surface area contributed by atoms with Gasteiger partial charge in [0, 0.05) is 13.1 Å². The van der Waals surface area contributed by atoms with Crippen molar-refractivity contribution >= 4 is 16.2 Å². The average Bonchev–Trinajstić information content (AvgIpc) is 2.18. The number of nitrogens with one attached hydrogen (secondary N) is 2. The summed E-state index contributed by atoms with van der Waals surface area (Å²) in [5.41, 5.74) is -0.382.